The van der Waals surface area contributed by atoms with Crippen LogP contribution in [-0.4, -0.2) is 14.5 Å². The summed E-state index contributed by atoms with van der Waals surface area (Å²) in [5, 5.41) is 9.67. The van der Waals surface area contributed by atoms with Crippen molar-refractivity contribution in [3.8, 4) is 0 Å². The molecule has 1 unspecified atom stereocenters. The van der Waals surface area contributed by atoms with Crippen LogP contribution in [0.4, 0.5) is 0 Å². The third-order valence-corrected chi connectivity index (χ3v) is 2.50. The molecule has 2 aromatic heterocycles. The minimum absolute atomic E-state index is 0.117. The molecule has 0 radical (unpaired) electrons. The highest BCUT2D eigenvalue weighted by Gasteiger charge is 2.10. The summed E-state index contributed by atoms with van der Waals surface area (Å²) in [7, 11) is 0. The molecule has 0 aliphatic heterocycles. The summed E-state index contributed by atoms with van der Waals surface area (Å²) in [4.78, 5) is 16.1. The fraction of sp³-hybridized carbons (Fsp3) is 0.333. The van der Waals surface area contributed by atoms with Gasteiger partial charge in [0.25, 0.3) is 5.56 Å². The maximum Gasteiger partial charge on any atom is 0.258 e. The topological polar surface area (TPSA) is 54.6 Å². The number of nitrogens with zero attached hydrogens (tertiary/aromatic N) is 2. The Morgan fingerprint density at radius 1 is 1.38 bits per heavy atom. The number of aliphatic hydroxyl groups is 1. The van der Waals surface area contributed by atoms with E-state index >= 15 is 0 Å². The van der Waals surface area contributed by atoms with E-state index in [4.69, 9.17) is 0 Å². The van der Waals surface area contributed by atoms with Gasteiger partial charge < -0.3 is 5.11 Å². The number of fused-ring (bicyclic) bond motifs is 1. The molecule has 2 rings (SSSR count). The Balaban J connectivity index is 2.95. The van der Waals surface area contributed by atoms with Crippen molar-refractivity contribution in [1.29, 1.82) is 0 Å². The van der Waals surface area contributed by atoms with Crippen LogP contribution >= 0.6 is 0 Å². The van der Waals surface area contributed by atoms with Gasteiger partial charge in [-0.1, -0.05) is 0 Å². The molecule has 16 heavy (non-hydrogen) atoms. The molecule has 4 heteroatoms. The van der Waals surface area contributed by atoms with Gasteiger partial charge in [-0.15, -0.1) is 0 Å². The zero-order chi connectivity index (χ0) is 11.9. The van der Waals surface area contributed by atoms with Gasteiger partial charge in [0.2, 0.25) is 0 Å². The monoisotopic (exact) mass is 218 g/mol. The van der Waals surface area contributed by atoms with Crippen molar-refractivity contribution in [3.63, 3.8) is 0 Å². The molecule has 1 N–H and O–H groups in total. The second kappa shape index (κ2) is 3.72. The Hall–Kier alpha value is -1.68. The first kappa shape index (κ1) is 10.8. The van der Waals surface area contributed by atoms with Crippen molar-refractivity contribution < 1.29 is 5.11 Å². The first-order chi connectivity index (χ1) is 7.49. The van der Waals surface area contributed by atoms with Crippen LogP contribution in [0.2, 0.25) is 0 Å². The number of aryl methyl sites for hydroxylation is 2. The van der Waals surface area contributed by atoms with Crippen molar-refractivity contribution in [2.45, 2.75) is 26.9 Å². The van der Waals surface area contributed by atoms with Crippen LogP contribution in [0.5, 0.6) is 0 Å². The van der Waals surface area contributed by atoms with Gasteiger partial charge in [-0.05, 0) is 32.4 Å². The number of hydrogen-bond donors (Lipinski definition) is 1. The summed E-state index contributed by atoms with van der Waals surface area (Å²) >= 11 is 0. The molecular weight excluding hydrogens is 204 g/mol. The van der Waals surface area contributed by atoms with E-state index in [1.54, 1.807) is 20.0 Å². The van der Waals surface area contributed by atoms with Gasteiger partial charge in [0.05, 0.1) is 6.10 Å². The van der Waals surface area contributed by atoms with E-state index in [2.05, 4.69) is 4.98 Å². The lowest BCUT2D eigenvalue weighted by molar-refractivity contribution is 0.200. The van der Waals surface area contributed by atoms with Crippen LogP contribution < -0.4 is 5.56 Å². The lowest BCUT2D eigenvalue weighted by Gasteiger charge is -2.11. The molecule has 0 aliphatic rings. The maximum atomic E-state index is 11.8. The fourth-order valence-corrected chi connectivity index (χ4v) is 1.79. The smallest absolute Gasteiger partial charge is 0.258 e. The number of aliphatic hydroxyl groups excluding tert-OH is 1. The number of rotatable bonds is 1. The second-order valence-electron chi connectivity index (χ2n) is 4.08. The van der Waals surface area contributed by atoms with Gasteiger partial charge in [0, 0.05) is 23.5 Å². The number of aromatic nitrogens is 2. The molecule has 0 amide bonds. The Labute approximate surface area is 93.2 Å². The lowest BCUT2D eigenvalue weighted by Crippen LogP contribution is -2.17. The van der Waals surface area contributed by atoms with Gasteiger partial charge in [-0.25, -0.2) is 4.98 Å². The number of hydrogen-bond acceptors (Lipinski definition) is 3. The predicted molar refractivity (Wildman–Crippen MR) is 61.6 cm³/mol. The van der Waals surface area contributed by atoms with Gasteiger partial charge in [-0.3, -0.25) is 9.20 Å². The first-order valence-electron chi connectivity index (χ1n) is 5.17. The van der Waals surface area contributed by atoms with Crippen LogP contribution in [0.25, 0.3) is 5.65 Å². The lowest BCUT2D eigenvalue weighted by atomic mass is 10.1. The van der Waals surface area contributed by atoms with Crippen LogP contribution in [0.15, 0.2) is 23.1 Å². The zero-order valence-electron chi connectivity index (χ0n) is 9.56. The maximum absolute atomic E-state index is 11.8. The minimum atomic E-state index is -0.636. The quantitative estimate of drug-likeness (QED) is 0.786. The molecule has 0 fully saturated rings. The molecule has 4 nitrogen and oxygen atoms in total. The number of pyridine rings is 1. The first-order valence-corrected chi connectivity index (χ1v) is 5.17. The highest BCUT2D eigenvalue weighted by Crippen LogP contribution is 2.18. The summed E-state index contributed by atoms with van der Waals surface area (Å²) in [6.45, 7) is 5.33. The molecule has 84 valence electrons. The molecule has 1 atom stereocenters. The second-order valence-corrected chi connectivity index (χ2v) is 4.08. The highest BCUT2D eigenvalue weighted by atomic mass is 16.3. The van der Waals surface area contributed by atoms with Gasteiger partial charge >= 0.3 is 0 Å². The van der Waals surface area contributed by atoms with Crippen molar-refractivity contribution in [3.05, 3.63) is 45.5 Å². The molecule has 2 aromatic rings. The Morgan fingerprint density at radius 2 is 2.06 bits per heavy atom. The average Bonchev–Trinajstić information content (AvgIpc) is 2.18. The van der Waals surface area contributed by atoms with Crippen LogP contribution in [0, 0.1) is 13.8 Å². The van der Waals surface area contributed by atoms with Crippen LogP contribution in [-0.2, 0) is 0 Å². The van der Waals surface area contributed by atoms with Crippen molar-refractivity contribution in [2.24, 2.45) is 0 Å². The van der Waals surface area contributed by atoms with Gasteiger partial charge in [-0.2, -0.15) is 0 Å². The van der Waals surface area contributed by atoms with E-state index in [1.165, 1.54) is 10.5 Å². The fourth-order valence-electron chi connectivity index (χ4n) is 1.79. The van der Waals surface area contributed by atoms with E-state index < -0.39 is 6.10 Å². The van der Waals surface area contributed by atoms with E-state index in [1.807, 2.05) is 13.0 Å². The Kier molecular flexibility index (Phi) is 2.52. The van der Waals surface area contributed by atoms with Crippen molar-refractivity contribution in [1.82, 2.24) is 9.38 Å². The molecule has 0 spiro atoms. The molecule has 0 aromatic carbocycles. The third kappa shape index (κ3) is 1.72. The van der Waals surface area contributed by atoms with Gasteiger partial charge in [0.1, 0.15) is 5.65 Å². The average molecular weight is 218 g/mol. The van der Waals surface area contributed by atoms with Crippen molar-refractivity contribution in [2.75, 3.05) is 0 Å². The molecular formula is C12H14N2O2. The van der Waals surface area contributed by atoms with E-state index in [9.17, 15) is 9.90 Å². The molecule has 0 saturated heterocycles. The summed E-state index contributed by atoms with van der Waals surface area (Å²) in [6.07, 6.45) is 1.10. The minimum Gasteiger partial charge on any atom is -0.389 e. The Bertz CT molecular complexity index is 600. The summed E-state index contributed by atoms with van der Waals surface area (Å²) < 4.78 is 1.48. The van der Waals surface area contributed by atoms with Crippen LogP contribution in [0.3, 0.4) is 0 Å². The molecule has 0 aliphatic carbocycles. The normalized spacial score (nSPS) is 13.0. The Morgan fingerprint density at radius 3 is 2.69 bits per heavy atom. The molecule has 0 bridgehead atoms. The molecule has 0 saturated carbocycles. The third-order valence-electron chi connectivity index (χ3n) is 2.50. The van der Waals surface area contributed by atoms with E-state index in [-0.39, 0.29) is 5.56 Å². The predicted octanol–water partition coefficient (Wildman–Crippen LogP) is 1.36. The SMILES string of the molecule is Cc1cc(C(C)O)c2nc(C)cc(=O)n2c1. The van der Waals surface area contributed by atoms with E-state index in [0.29, 0.717) is 16.9 Å². The zero-order valence-corrected chi connectivity index (χ0v) is 9.56. The molecule has 2 heterocycles. The van der Waals surface area contributed by atoms with Crippen LogP contribution in [0.1, 0.15) is 29.8 Å². The summed E-state index contributed by atoms with van der Waals surface area (Å²) in [5.41, 5.74) is 2.69. The standard InChI is InChI=1S/C12H14N2O2/c1-7-4-10(9(3)15)12-13-8(2)5-11(16)14(12)6-7/h4-6,9,15H,1-3H3. The van der Waals surface area contributed by atoms with Crippen molar-refractivity contribution >= 4 is 5.65 Å². The largest absolute Gasteiger partial charge is 0.389 e. The van der Waals surface area contributed by atoms with E-state index in [0.717, 1.165) is 5.56 Å². The van der Waals surface area contributed by atoms with Gasteiger partial charge in [0.15, 0.2) is 0 Å². The summed E-state index contributed by atoms with van der Waals surface area (Å²) in [5.74, 6) is 0. The summed E-state index contributed by atoms with van der Waals surface area (Å²) in [6, 6.07) is 3.34. The highest BCUT2D eigenvalue weighted by molar-refractivity contribution is 5.50.